The van der Waals surface area contributed by atoms with Crippen LogP contribution in [0.5, 0.6) is 0 Å². The number of cyclic esters (lactones) is 1. The Morgan fingerprint density at radius 1 is 1.36 bits per heavy atom. The van der Waals surface area contributed by atoms with Crippen LogP contribution in [-0.4, -0.2) is 68.3 Å². The maximum absolute atomic E-state index is 12.8. The zero-order chi connectivity index (χ0) is 20.6. The third-order valence-electron chi connectivity index (χ3n) is 5.19. The molecule has 0 aromatic carbocycles. The molecule has 2 amide bonds. The summed E-state index contributed by atoms with van der Waals surface area (Å²) in [5.74, 6) is 0.208. The maximum atomic E-state index is 12.8. The van der Waals surface area contributed by atoms with Crippen molar-refractivity contribution in [1.82, 2.24) is 9.80 Å². The summed E-state index contributed by atoms with van der Waals surface area (Å²) in [4.78, 5) is 28.8. The number of piperidine rings is 1. The van der Waals surface area contributed by atoms with E-state index in [0.29, 0.717) is 38.5 Å². The molecule has 1 aromatic heterocycles. The summed E-state index contributed by atoms with van der Waals surface area (Å²) in [6.45, 7) is 5.65. The van der Waals surface area contributed by atoms with Crippen LogP contribution < -0.4 is 0 Å². The van der Waals surface area contributed by atoms with Crippen LogP contribution in [0.1, 0.15) is 42.8 Å². The van der Waals surface area contributed by atoms with E-state index in [1.807, 2.05) is 4.90 Å². The van der Waals surface area contributed by atoms with Gasteiger partial charge in [-0.05, 0) is 25.2 Å². The van der Waals surface area contributed by atoms with Crippen LogP contribution in [0, 0.1) is 5.92 Å². The Morgan fingerprint density at radius 3 is 2.54 bits per heavy atom. The molecule has 156 valence electrons. The fourth-order valence-electron chi connectivity index (χ4n) is 3.86. The molecule has 2 aliphatic heterocycles. The molecule has 10 heteroatoms. The molecule has 2 fully saturated rings. The fraction of sp³-hybridized carbons (Fsp3) is 0.667. The lowest BCUT2D eigenvalue weighted by Crippen LogP contribution is -2.50. The predicted molar refractivity (Wildman–Crippen MR) is 108 cm³/mol. The first-order valence-electron chi connectivity index (χ1n) is 9.31. The monoisotopic (exact) mass is 448 g/mol. The first-order valence-corrected chi connectivity index (χ1v) is 12.5. The van der Waals surface area contributed by atoms with E-state index in [1.54, 1.807) is 4.90 Å². The van der Waals surface area contributed by atoms with Gasteiger partial charge in [0.2, 0.25) is 0 Å². The van der Waals surface area contributed by atoms with E-state index in [1.165, 1.54) is 5.38 Å². The topological polar surface area (TPSA) is 84.0 Å². The quantitative estimate of drug-likeness (QED) is 0.690. The molecule has 0 radical (unpaired) electrons. The second-order valence-electron chi connectivity index (χ2n) is 7.81. The standard InChI is InChI=1S/C18H25ClN2O5S2/c1-11(2)8-13-9-26-18(23)21(13)12-4-6-20(7-5-12)17(22)16-15(19)14(10-27-16)28(3,24)25/h10-13H,4-9H2,1-3H3/t13-/m1/s1. The molecule has 2 saturated heterocycles. The Hall–Kier alpha value is -1.32. The lowest BCUT2D eigenvalue weighted by Gasteiger charge is -2.38. The molecule has 0 spiro atoms. The number of nitrogens with zero attached hydrogens (tertiary/aromatic N) is 2. The summed E-state index contributed by atoms with van der Waals surface area (Å²) in [6, 6.07) is 0.136. The van der Waals surface area contributed by atoms with E-state index in [0.717, 1.165) is 24.0 Å². The van der Waals surface area contributed by atoms with Crippen molar-refractivity contribution in [2.24, 2.45) is 5.92 Å². The van der Waals surface area contributed by atoms with Crippen LogP contribution >= 0.6 is 22.9 Å². The van der Waals surface area contributed by atoms with E-state index in [9.17, 15) is 18.0 Å². The summed E-state index contributed by atoms with van der Waals surface area (Å²) >= 11 is 7.21. The van der Waals surface area contributed by atoms with Crippen LogP contribution in [0.2, 0.25) is 5.02 Å². The normalized spacial score (nSPS) is 21.5. The van der Waals surface area contributed by atoms with Gasteiger partial charge in [0, 0.05) is 30.8 Å². The summed E-state index contributed by atoms with van der Waals surface area (Å²) in [5.41, 5.74) is 0. The highest BCUT2D eigenvalue weighted by molar-refractivity contribution is 7.91. The van der Waals surface area contributed by atoms with Gasteiger partial charge in [-0.1, -0.05) is 25.4 Å². The second-order valence-corrected chi connectivity index (χ2v) is 11.0. The Morgan fingerprint density at radius 2 is 2.00 bits per heavy atom. The van der Waals surface area contributed by atoms with Crippen LogP contribution in [0.25, 0.3) is 0 Å². The third kappa shape index (κ3) is 4.31. The van der Waals surface area contributed by atoms with Gasteiger partial charge >= 0.3 is 6.09 Å². The molecule has 0 N–H and O–H groups in total. The average Bonchev–Trinajstić information content (AvgIpc) is 3.17. The average molecular weight is 449 g/mol. The molecular weight excluding hydrogens is 424 g/mol. The van der Waals surface area contributed by atoms with E-state index < -0.39 is 9.84 Å². The van der Waals surface area contributed by atoms with Crippen molar-refractivity contribution in [3.8, 4) is 0 Å². The van der Waals surface area contributed by atoms with E-state index in [-0.39, 0.29) is 38.9 Å². The summed E-state index contributed by atoms with van der Waals surface area (Å²) in [6.07, 6.45) is 3.02. The molecule has 7 nitrogen and oxygen atoms in total. The van der Waals surface area contributed by atoms with Crippen molar-refractivity contribution in [2.45, 2.75) is 50.1 Å². The predicted octanol–water partition coefficient (Wildman–Crippen LogP) is 3.28. The van der Waals surface area contributed by atoms with Gasteiger partial charge in [-0.3, -0.25) is 9.69 Å². The van der Waals surface area contributed by atoms with Crippen LogP contribution in [0.3, 0.4) is 0 Å². The number of ether oxygens (including phenoxy) is 1. The summed E-state index contributed by atoms with van der Waals surface area (Å²) < 4.78 is 28.7. The maximum Gasteiger partial charge on any atom is 0.410 e. The molecule has 28 heavy (non-hydrogen) atoms. The zero-order valence-electron chi connectivity index (χ0n) is 16.2. The molecule has 0 saturated carbocycles. The van der Waals surface area contributed by atoms with Crippen molar-refractivity contribution in [2.75, 3.05) is 26.0 Å². The lowest BCUT2D eigenvalue weighted by molar-refractivity contribution is 0.0635. The number of rotatable bonds is 5. The van der Waals surface area contributed by atoms with Gasteiger partial charge in [-0.2, -0.15) is 0 Å². The smallest absolute Gasteiger partial charge is 0.410 e. The molecular formula is C18H25ClN2O5S2. The van der Waals surface area contributed by atoms with E-state index >= 15 is 0 Å². The Labute approximate surface area is 174 Å². The molecule has 0 bridgehead atoms. The second kappa shape index (κ2) is 8.20. The highest BCUT2D eigenvalue weighted by Gasteiger charge is 2.40. The number of thiophene rings is 1. The molecule has 2 aliphatic rings. The molecule has 1 aromatic rings. The highest BCUT2D eigenvalue weighted by atomic mass is 35.5. The van der Waals surface area contributed by atoms with E-state index in [4.69, 9.17) is 16.3 Å². The zero-order valence-corrected chi connectivity index (χ0v) is 18.6. The number of hydrogen-bond donors (Lipinski definition) is 0. The molecule has 3 rings (SSSR count). The van der Waals surface area contributed by atoms with Gasteiger partial charge in [-0.25, -0.2) is 13.2 Å². The number of halogens is 1. The fourth-order valence-corrected chi connectivity index (χ4v) is 6.73. The number of carbonyl (C=O) groups is 2. The largest absolute Gasteiger partial charge is 0.447 e. The summed E-state index contributed by atoms with van der Waals surface area (Å²) in [5, 5.41) is 1.41. The minimum atomic E-state index is -3.47. The van der Waals surface area contributed by atoms with Crippen molar-refractivity contribution < 1.29 is 22.7 Å². The Bertz CT molecular complexity index is 859. The molecule has 1 atom stereocenters. The van der Waals surface area contributed by atoms with Crippen molar-refractivity contribution in [3.63, 3.8) is 0 Å². The third-order valence-corrected chi connectivity index (χ3v) is 8.04. The molecule has 0 aliphatic carbocycles. The van der Waals surface area contributed by atoms with Gasteiger partial charge < -0.3 is 9.64 Å². The van der Waals surface area contributed by atoms with Gasteiger partial charge in [-0.15, -0.1) is 11.3 Å². The number of hydrogen-bond acceptors (Lipinski definition) is 6. The molecule has 0 unspecified atom stereocenters. The van der Waals surface area contributed by atoms with Crippen LogP contribution in [0.4, 0.5) is 4.79 Å². The van der Waals surface area contributed by atoms with Crippen LogP contribution in [-0.2, 0) is 14.6 Å². The highest BCUT2D eigenvalue weighted by Crippen LogP contribution is 2.34. The van der Waals surface area contributed by atoms with Gasteiger partial charge in [0.05, 0.1) is 16.0 Å². The summed E-state index contributed by atoms with van der Waals surface area (Å²) in [7, 11) is -3.47. The van der Waals surface area contributed by atoms with Crippen molar-refractivity contribution in [3.05, 3.63) is 15.3 Å². The van der Waals surface area contributed by atoms with E-state index in [2.05, 4.69) is 13.8 Å². The van der Waals surface area contributed by atoms with Crippen molar-refractivity contribution in [1.29, 1.82) is 0 Å². The Kier molecular flexibility index (Phi) is 6.26. The Balaban J connectivity index is 1.66. The van der Waals surface area contributed by atoms with Crippen molar-refractivity contribution >= 4 is 44.8 Å². The van der Waals surface area contributed by atoms with Gasteiger partial charge in [0.25, 0.3) is 5.91 Å². The van der Waals surface area contributed by atoms with Crippen LogP contribution in [0.15, 0.2) is 10.3 Å². The minimum absolute atomic E-state index is 0.000239. The minimum Gasteiger partial charge on any atom is -0.447 e. The van der Waals surface area contributed by atoms with Gasteiger partial charge in [0.15, 0.2) is 9.84 Å². The number of likely N-dealkylation sites (tertiary alicyclic amines) is 1. The molecule has 3 heterocycles. The number of sulfone groups is 1. The van der Waals surface area contributed by atoms with Gasteiger partial charge in [0.1, 0.15) is 11.5 Å². The first kappa shape index (κ1) is 21.4. The number of carbonyl (C=O) groups excluding carboxylic acids is 2. The SMILES string of the molecule is CC(C)C[C@@H]1COC(=O)N1C1CCN(C(=O)c2scc(S(C)(=O)=O)c2Cl)CC1. The first-order chi connectivity index (χ1) is 13.1. The number of amides is 2. The lowest BCUT2D eigenvalue weighted by atomic mass is 9.98.